The number of cyclic esters (lactones) is 1. The fourth-order valence-corrected chi connectivity index (χ4v) is 1.89. The first-order valence-corrected chi connectivity index (χ1v) is 5.52. The van der Waals surface area contributed by atoms with Gasteiger partial charge in [0.2, 0.25) is 0 Å². The highest BCUT2D eigenvalue weighted by Gasteiger charge is 2.18. The normalized spacial score (nSPS) is 17.9. The van der Waals surface area contributed by atoms with Crippen LogP contribution in [0.1, 0.15) is 5.56 Å². The highest BCUT2D eigenvalue weighted by Crippen LogP contribution is 2.21. The lowest BCUT2D eigenvalue weighted by Crippen LogP contribution is -2.29. The average Bonchev–Trinajstić information content (AvgIpc) is 2.74. The largest absolute Gasteiger partial charge is 0.453 e. The van der Waals surface area contributed by atoms with Crippen LogP contribution >= 0.6 is 0 Å². The summed E-state index contributed by atoms with van der Waals surface area (Å²) >= 11 is 0. The van der Waals surface area contributed by atoms with Gasteiger partial charge in [0.05, 0.1) is 6.54 Å². The summed E-state index contributed by atoms with van der Waals surface area (Å²) in [6.45, 7) is 4.44. The van der Waals surface area contributed by atoms with Gasteiger partial charge in [0.1, 0.15) is 6.10 Å². The number of hydrogen-bond donors (Lipinski definition) is 0. The van der Waals surface area contributed by atoms with Crippen molar-refractivity contribution in [1.82, 2.24) is 0 Å². The molecule has 0 spiro atoms. The molecular formula is C14H15NO2. The smallest absolute Gasteiger partial charge is 0.331 e. The van der Waals surface area contributed by atoms with Gasteiger partial charge >= 0.3 is 5.97 Å². The molecule has 1 aliphatic rings. The number of esters is 1. The van der Waals surface area contributed by atoms with E-state index in [1.54, 1.807) is 6.08 Å². The molecule has 0 radical (unpaired) electrons. The molecule has 1 aliphatic heterocycles. The molecule has 0 fully saturated rings. The van der Waals surface area contributed by atoms with Crippen molar-refractivity contribution in [3.05, 3.63) is 48.6 Å². The quantitative estimate of drug-likeness (QED) is 0.742. The van der Waals surface area contributed by atoms with Crippen molar-refractivity contribution in [2.75, 3.05) is 18.5 Å². The Morgan fingerprint density at radius 3 is 2.88 bits per heavy atom. The Labute approximate surface area is 101 Å². The van der Waals surface area contributed by atoms with Gasteiger partial charge in [-0.1, -0.05) is 30.9 Å². The van der Waals surface area contributed by atoms with Crippen LogP contribution in [0.2, 0.25) is 0 Å². The number of benzene rings is 1. The van der Waals surface area contributed by atoms with Crippen molar-refractivity contribution in [1.29, 1.82) is 0 Å². The van der Waals surface area contributed by atoms with E-state index in [4.69, 9.17) is 4.74 Å². The zero-order valence-corrected chi connectivity index (χ0v) is 9.80. The Balaban J connectivity index is 2.09. The monoisotopic (exact) mass is 229 g/mol. The Hall–Kier alpha value is -2.03. The van der Waals surface area contributed by atoms with Crippen molar-refractivity contribution in [3.8, 4) is 0 Å². The Bertz CT molecular complexity index is 465. The van der Waals surface area contributed by atoms with E-state index in [2.05, 4.69) is 11.5 Å². The molecule has 1 aromatic carbocycles. The first-order chi connectivity index (χ1) is 8.20. The second kappa shape index (κ2) is 4.87. The number of likely N-dealkylation sites (N-methyl/N-ethyl adjacent to an activating group) is 1. The van der Waals surface area contributed by atoms with Gasteiger partial charge in [-0.2, -0.15) is 0 Å². The van der Waals surface area contributed by atoms with Crippen molar-refractivity contribution < 1.29 is 9.53 Å². The molecule has 88 valence electrons. The highest BCUT2D eigenvalue weighted by molar-refractivity contribution is 5.84. The van der Waals surface area contributed by atoms with Crippen molar-refractivity contribution >= 4 is 17.7 Å². The summed E-state index contributed by atoms with van der Waals surface area (Å²) < 4.78 is 5.11. The molecule has 0 aliphatic carbocycles. The van der Waals surface area contributed by atoms with Crippen LogP contribution in [0.15, 0.2) is 43.0 Å². The van der Waals surface area contributed by atoms with E-state index in [0.717, 1.165) is 11.3 Å². The van der Waals surface area contributed by atoms with Gasteiger partial charge in [-0.05, 0) is 17.7 Å². The number of hydrogen-bond acceptors (Lipinski definition) is 3. The van der Waals surface area contributed by atoms with E-state index >= 15 is 0 Å². The topological polar surface area (TPSA) is 29.5 Å². The summed E-state index contributed by atoms with van der Waals surface area (Å²) in [6, 6.07) is 7.99. The lowest BCUT2D eigenvalue weighted by molar-refractivity contribution is -0.138. The SMILES string of the molecule is C=Cc1ccccc1N(C)CC1C=CC(=O)O1. The molecule has 0 saturated heterocycles. The van der Waals surface area contributed by atoms with Gasteiger partial charge in [0.15, 0.2) is 0 Å². The number of para-hydroxylation sites is 1. The van der Waals surface area contributed by atoms with E-state index in [9.17, 15) is 4.79 Å². The first kappa shape index (κ1) is 11.5. The molecule has 17 heavy (non-hydrogen) atoms. The standard InChI is InChI=1S/C14H15NO2/c1-3-11-6-4-5-7-13(11)15(2)10-12-8-9-14(16)17-12/h3-9,12H,1,10H2,2H3. The Kier molecular flexibility index (Phi) is 3.28. The Morgan fingerprint density at radius 1 is 1.47 bits per heavy atom. The second-order valence-electron chi connectivity index (χ2n) is 3.98. The van der Waals surface area contributed by atoms with Gasteiger partial charge in [0, 0.05) is 18.8 Å². The molecule has 0 saturated carbocycles. The molecule has 2 rings (SSSR count). The third kappa shape index (κ3) is 2.56. The minimum atomic E-state index is -0.264. The van der Waals surface area contributed by atoms with Gasteiger partial charge in [0.25, 0.3) is 0 Å². The molecule has 3 nitrogen and oxygen atoms in total. The van der Waals surface area contributed by atoms with Crippen molar-refractivity contribution in [3.63, 3.8) is 0 Å². The van der Waals surface area contributed by atoms with Crippen LogP contribution < -0.4 is 4.90 Å². The van der Waals surface area contributed by atoms with Gasteiger partial charge in [-0.15, -0.1) is 0 Å². The number of anilines is 1. The molecule has 0 bridgehead atoms. The van der Waals surface area contributed by atoms with Crippen LogP contribution in [0, 0.1) is 0 Å². The minimum absolute atomic E-state index is 0.162. The second-order valence-corrected chi connectivity index (χ2v) is 3.98. The fourth-order valence-electron chi connectivity index (χ4n) is 1.89. The highest BCUT2D eigenvalue weighted by atomic mass is 16.5. The third-order valence-corrected chi connectivity index (χ3v) is 2.74. The fraction of sp³-hybridized carbons (Fsp3) is 0.214. The summed E-state index contributed by atoms with van der Waals surface area (Å²) in [7, 11) is 1.97. The summed E-state index contributed by atoms with van der Waals surface area (Å²) in [5.74, 6) is -0.264. The number of ether oxygens (including phenoxy) is 1. The maximum atomic E-state index is 11.0. The molecule has 0 N–H and O–H groups in total. The molecule has 3 heteroatoms. The Morgan fingerprint density at radius 2 is 2.24 bits per heavy atom. The van der Waals surface area contributed by atoms with Gasteiger partial charge < -0.3 is 9.64 Å². The van der Waals surface area contributed by atoms with Crippen molar-refractivity contribution in [2.24, 2.45) is 0 Å². The predicted octanol–water partition coefficient (Wildman–Crippen LogP) is 2.25. The third-order valence-electron chi connectivity index (χ3n) is 2.74. The lowest BCUT2D eigenvalue weighted by atomic mass is 10.1. The van der Waals surface area contributed by atoms with Gasteiger partial charge in [-0.25, -0.2) is 4.79 Å². The average molecular weight is 229 g/mol. The van der Waals surface area contributed by atoms with Crippen LogP contribution in [-0.2, 0) is 9.53 Å². The summed E-state index contributed by atoms with van der Waals surface area (Å²) in [5.41, 5.74) is 2.15. The zero-order chi connectivity index (χ0) is 12.3. The van der Waals surface area contributed by atoms with Crippen LogP contribution in [0.3, 0.4) is 0 Å². The van der Waals surface area contributed by atoms with Crippen molar-refractivity contribution in [2.45, 2.75) is 6.10 Å². The molecule has 1 heterocycles. The summed E-state index contributed by atoms with van der Waals surface area (Å²) in [5, 5.41) is 0. The molecule has 1 aromatic rings. The zero-order valence-electron chi connectivity index (χ0n) is 9.80. The molecule has 0 amide bonds. The molecule has 1 unspecified atom stereocenters. The number of nitrogens with zero attached hydrogens (tertiary/aromatic N) is 1. The predicted molar refractivity (Wildman–Crippen MR) is 68.8 cm³/mol. The van der Waals surface area contributed by atoms with Crippen LogP contribution in [0.5, 0.6) is 0 Å². The van der Waals surface area contributed by atoms with Gasteiger partial charge in [-0.3, -0.25) is 0 Å². The van der Waals surface area contributed by atoms with Crippen LogP contribution in [0.25, 0.3) is 6.08 Å². The number of carbonyl (C=O) groups is 1. The summed E-state index contributed by atoms with van der Waals surface area (Å²) in [6.07, 6.45) is 4.92. The molecular weight excluding hydrogens is 214 g/mol. The maximum Gasteiger partial charge on any atom is 0.331 e. The molecule has 0 aromatic heterocycles. The lowest BCUT2D eigenvalue weighted by Gasteiger charge is -2.23. The number of carbonyl (C=O) groups excluding carboxylic acids is 1. The van der Waals surface area contributed by atoms with Crippen LogP contribution in [0.4, 0.5) is 5.69 Å². The van der Waals surface area contributed by atoms with E-state index in [1.165, 1.54) is 6.08 Å². The molecule has 1 atom stereocenters. The maximum absolute atomic E-state index is 11.0. The summed E-state index contributed by atoms with van der Waals surface area (Å²) in [4.78, 5) is 13.0. The van der Waals surface area contributed by atoms with E-state index < -0.39 is 0 Å². The van der Waals surface area contributed by atoms with E-state index in [1.807, 2.05) is 37.4 Å². The first-order valence-electron chi connectivity index (χ1n) is 5.52. The van der Waals surface area contributed by atoms with E-state index in [0.29, 0.717) is 6.54 Å². The minimum Gasteiger partial charge on any atom is -0.453 e. The van der Waals surface area contributed by atoms with E-state index in [-0.39, 0.29) is 12.1 Å². The van der Waals surface area contributed by atoms with Crippen LogP contribution in [-0.4, -0.2) is 25.7 Å². The number of rotatable bonds is 4.